The Balaban J connectivity index is 2.72. The fraction of sp³-hybridized carbons (Fsp3) is 0.727. The third-order valence-corrected chi connectivity index (χ3v) is 2.59. The number of nitrogens with zero attached hydrogens (tertiary/aromatic N) is 2. The van der Waals surface area contributed by atoms with Gasteiger partial charge in [0.25, 0.3) is 0 Å². The van der Waals surface area contributed by atoms with Crippen molar-refractivity contribution < 1.29 is 5.11 Å². The van der Waals surface area contributed by atoms with Crippen LogP contribution in [0.3, 0.4) is 0 Å². The Morgan fingerprint density at radius 1 is 1.56 bits per heavy atom. The van der Waals surface area contributed by atoms with Gasteiger partial charge in [-0.05, 0) is 6.42 Å². The van der Waals surface area contributed by atoms with Gasteiger partial charge in [0.05, 0.1) is 16.9 Å². The summed E-state index contributed by atoms with van der Waals surface area (Å²) in [7, 11) is 0. The quantitative estimate of drug-likeness (QED) is 0.806. The highest BCUT2D eigenvalue weighted by molar-refractivity contribution is 6.31. The summed E-state index contributed by atoms with van der Waals surface area (Å²) < 4.78 is 1.77. The first-order chi connectivity index (χ1) is 7.56. The maximum Gasteiger partial charge on any atom is 0.110 e. The fourth-order valence-corrected chi connectivity index (χ4v) is 1.80. The second-order valence-electron chi connectivity index (χ2n) is 4.18. The number of aliphatic hydroxyl groups is 1. The van der Waals surface area contributed by atoms with Crippen molar-refractivity contribution in [1.29, 1.82) is 0 Å². The number of hydrogen-bond acceptors (Lipinski definition) is 3. The van der Waals surface area contributed by atoms with Crippen molar-refractivity contribution in [2.24, 2.45) is 0 Å². The first kappa shape index (κ1) is 13.5. The van der Waals surface area contributed by atoms with Gasteiger partial charge in [-0.25, -0.2) is 0 Å². The molecule has 1 unspecified atom stereocenters. The molecule has 2 N–H and O–H groups in total. The van der Waals surface area contributed by atoms with E-state index >= 15 is 0 Å². The average Bonchev–Trinajstić information content (AvgIpc) is 2.57. The summed E-state index contributed by atoms with van der Waals surface area (Å²) in [5.74, 6) is 0. The molecule has 1 rings (SSSR count). The van der Waals surface area contributed by atoms with E-state index in [0.29, 0.717) is 23.3 Å². The number of nitrogens with one attached hydrogen (secondary N) is 1. The van der Waals surface area contributed by atoms with Gasteiger partial charge >= 0.3 is 0 Å². The van der Waals surface area contributed by atoms with Crippen LogP contribution >= 0.6 is 11.6 Å². The lowest BCUT2D eigenvalue weighted by molar-refractivity contribution is 0.160. The molecule has 0 fully saturated rings. The Morgan fingerprint density at radius 2 is 2.25 bits per heavy atom. The molecule has 0 saturated carbocycles. The van der Waals surface area contributed by atoms with Crippen molar-refractivity contribution >= 4 is 11.6 Å². The van der Waals surface area contributed by atoms with Crippen molar-refractivity contribution in [3.63, 3.8) is 0 Å². The Bertz CT molecular complexity index is 325. The smallest absolute Gasteiger partial charge is 0.110 e. The molecule has 0 aromatic carbocycles. The van der Waals surface area contributed by atoms with Crippen LogP contribution in [0.2, 0.25) is 5.02 Å². The third-order valence-electron chi connectivity index (χ3n) is 2.30. The van der Waals surface area contributed by atoms with E-state index in [1.807, 2.05) is 13.8 Å². The maximum atomic E-state index is 10.0. The van der Waals surface area contributed by atoms with E-state index in [0.717, 1.165) is 13.0 Å². The van der Waals surface area contributed by atoms with E-state index in [-0.39, 0.29) is 0 Å². The van der Waals surface area contributed by atoms with Gasteiger partial charge in [0, 0.05) is 19.1 Å². The largest absolute Gasteiger partial charge is 0.385 e. The third kappa shape index (κ3) is 3.47. The zero-order valence-corrected chi connectivity index (χ0v) is 10.8. The van der Waals surface area contributed by atoms with Crippen LogP contribution in [0.1, 0.15) is 39.0 Å². The second kappa shape index (κ2) is 6.23. The summed E-state index contributed by atoms with van der Waals surface area (Å²) in [6.45, 7) is 7.42. The van der Waals surface area contributed by atoms with E-state index in [2.05, 4.69) is 17.3 Å². The number of hydrogen-bond donors (Lipinski definition) is 2. The van der Waals surface area contributed by atoms with Crippen LogP contribution in [-0.4, -0.2) is 27.5 Å². The summed E-state index contributed by atoms with van der Waals surface area (Å²) in [4.78, 5) is 0. The second-order valence-corrected chi connectivity index (χ2v) is 4.59. The van der Waals surface area contributed by atoms with Gasteiger partial charge in [0.15, 0.2) is 0 Å². The van der Waals surface area contributed by atoms with Crippen molar-refractivity contribution in [3.05, 3.63) is 16.9 Å². The Labute approximate surface area is 102 Å². The molecule has 1 aromatic rings. The monoisotopic (exact) mass is 245 g/mol. The number of aliphatic hydroxyl groups excluding tert-OH is 1. The van der Waals surface area contributed by atoms with Crippen molar-refractivity contribution in [1.82, 2.24) is 15.1 Å². The molecule has 1 heterocycles. The number of aromatic nitrogens is 2. The average molecular weight is 246 g/mol. The van der Waals surface area contributed by atoms with Gasteiger partial charge in [-0.1, -0.05) is 32.4 Å². The summed E-state index contributed by atoms with van der Waals surface area (Å²) in [6, 6.07) is 0.343. The van der Waals surface area contributed by atoms with Gasteiger partial charge in [-0.3, -0.25) is 4.68 Å². The molecule has 0 saturated heterocycles. The van der Waals surface area contributed by atoms with Crippen LogP contribution in [0.5, 0.6) is 0 Å². The summed E-state index contributed by atoms with van der Waals surface area (Å²) in [5, 5.41) is 17.9. The fourth-order valence-electron chi connectivity index (χ4n) is 1.54. The van der Waals surface area contributed by atoms with E-state index < -0.39 is 6.10 Å². The minimum Gasteiger partial charge on any atom is -0.385 e. The van der Waals surface area contributed by atoms with Crippen molar-refractivity contribution in [2.45, 2.75) is 45.9 Å². The molecule has 16 heavy (non-hydrogen) atoms. The van der Waals surface area contributed by atoms with Crippen LogP contribution in [0, 0.1) is 0 Å². The molecular formula is C11H20ClN3O. The van der Waals surface area contributed by atoms with Gasteiger partial charge in [-0.2, -0.15) is 5.10 Å². The van der Waals surface area contributed by atoms with Gasteiger partial charge in [-0.15, -0.1) is 0 Å². The summed E-state index contributed by atoms with van der Waals surface area (Å²) in [5.41, 5.74) is 0.705. The molecule has 0 radical (unpaired) electrons. The van der Waals surface area contributed by atoms with Crippen LogP contribution in [0.25, 0.3) is 0 Å². The molecule has 0 amide bonds. The highest BCUT2D eigenvalue weighted by atomic mass is 35.5. The maximum absolute atomic E-state index is 10.0. The van der Waals surface area contributed by atoms with Crippen LogP contribution in [-0.2, 0) is 6.54 Å². The Hall–Kier alpha value is -0.580. The van der Waals surface area contributed by atoms with Crippen LogP contribution < -0.4 is 5.32 Å². The minimum atomic E-state index is -0.607. The summed E-state index contributed by atoms with van der Waals surface area (Å²) in [6.07, 6.45) is 1.95. The highest BCUT2D eigenvalue weighted by Crippen LogP contribution is 2.22. The molecule has 4 nitrogen and oxygen atoms in total. The summed E-state index contributed by atoms with van der Waals surface area (Å²) >= 11 is 6.02. The highest BCUT2D eigenvalue weighted by Gasteiger charge is 2.17. The number of halogens is 1. The lowest BCUT2D eigenvalue weighted by atomic mass is 10.2. The lowest BCUT2D eigenvalue weighted by Gasteiger charge is -2.16. The topological polar surface area (TPSA) is 50.1 Å². The lowest BCUT2D eigenvalue weighted by Crippen LogP contribution is -2.29. The van der Waals surface area contributed by atoms with Crippen molar-refractivity contribution in [3.8, 4) is 0 Å². The number of aryl methyl sites for hydroxylation is 1. The molecule has 1 aromatic heterocycles. The zero-order chi connectivity index (χ0) is 12.1. The van der Waals surface area contributed by atoms with E-state index in [1.54, 1.807) is 10.9 Å². The predicted octanol–water partition coefficient (Wildman–Crippen LogP) is 1.98. The van der Waals surface area contributed by atoms with Gasteiger partial charge in [0.2, 0.25) is 0 Å². The molecule has 0 aliphatic rings. The molecule has 92 valence electrons. The van der Waals surface area contributed by atoms with Crippen molar-refractivity contribution in [2.75, 3.05) is 6.54 Å². The minimum absolute atomic E-state index is 0.343. The molecular weight excluding hydrogens is 226 g/mol. The molecule has 5 heteroatoms. The van der Waals surface area contributed by atoms with E-state index in [9.17, 15) is 5.11 Å². The first-order valence-corrected chi connectivity index (χ1v) is 6.06. The first-order valence-electron chi connectivity index (χ1n) is 5.68. The van der Waals surface area contributed by atoms with Gasteiger partial charge in [0.1, 0.15) is 6.10 Å². The molecule has 0 bridgehead atoms. The molecule has 0 spiro atoms. The standard InChI is InChI=1S/C11H20ClN3O/c1-4-5-15-11(9(12)6-14-15)10(16)7-13-8(2)3/h6,8,10,13,16H,4-5,7H2,1-3H3. The number of rotatable bonds is 6. The molecule has 0 aliphatic heterocycles. The van der Waals surface area contributed by atoms with E-state index in [1.165, 1.54) is 0 Å². The zero-order valence-electron chi connectivity index (χ0n) is 10.1. The van der Waals surface area contributed by atoms with E-state index in [4.69, 9.17) is 11.6 Å². The SMILES string of the molecule is CCCn1ncc(Cl)c1C(O)CNC(C)C. The normalized spacial score (nSPS) is 13.4. The molecule has 1 atom stereocenters. The van der Waals surface area contributed by atoms with Crippen LogP contribution in [0.4, 0.5) is 0 Å². The Kier molecular flexibility index (Phi) is 5.25. The molecule has 0 aliphatic carbocycles. The van der Waals surface area contributed by atoms with Gasteiger partial charge < -0.3 is 10.4 Å². The Morgan fingerprint density at radius 3 is 2.81 bits per heavy atom. The van der Waals surface area contributed by atoms with Crippen LogP contribution in [0.15, 0.2) is 6.20 Å². The predicted molar refractivity (Wildman–Crippen MR) is 65.6 cm³/mol.